The van der Waals surface area contributed by atoms with Gasteiger partial charge >= 0.3 is 11.9 Å². The van der Waals surface area contributed by atoms with Crippen LogP contribution in [0.2, 0.25) is 0 Å². The number of hydrogen-bond acceptors (Lipinski definition) is 4. The van der Waals surface area contributed by atoms with Crippen molar-refractivity contribution in [3.8, 4) is 0 Å². The second-order valence-electron chi connectivity index (χ2n) is 8.15. The first kappa shape index (κ1) is 34.9. The zero-order valence-corrected chi connectivity index (χ0v) is 21.0. The maximum atomic E-state index is 10.5. The zero-order valence-electron chi connectivity index (χ0n) is 20.1. The predicted octanol–water partition coefficient (Wildman–Crippen LogP) is 6.51. The minimum absolute atomic E-state index is 0.0792. The van der Waals surface area contributed by atoms with Crippen molar-refractivity contribution in [3.63, 3.8) is 0 Å². The third kappa shape index (κ3) is 46.5. The van der Waals surface area contributed by atoms with E-state index in [0.29, 0.717) is 6.42 Å². The molecule has 190 valence electrons. The van der Waals surface area contributed by atoms with Crippen molar-refractivity contribution in [3.05, 3.63) is 25.3 Å². The molecule has 0 aliphatic heterocycles. The molecule has 3 N–H and O–H groups in total. The molecule has 0 spiro atoms. The molecule has 0 saturated heterocycles. The van der Waals surface area contributed by atoms with E-state index in [1.54, 1.807) is 0 Å². The first-order valence-corrected chi connectivity index (χ1v) is 13.2. The van der Waals surface area contributed by atoms with E-state index >= 15 is 0 Å². The van der Waals surface area contributed by atoms with E-state index < -0.39 is 22.1 Å². The van der Waals surface area contributed by atoms with Crippen LogP contribution in [0.15, 0.2) is 25.3 Å². The van der Waals surface area contributed by atoms with Gasteiger partial charge in [-0.2, -0.15) is 8.42 Å². The lowest BCUT2D eigenvalue weighted by Gasteiger charge is -2.05. The van der Waals surface area contributed by atoms with Crippen LogP contribution >= 0.6 is 0 Å². The van der Waals surface area contributed by atoms with Gasteiger partial charge in [-0.15, -0.1) is 0 Å². The Labute approximate surface area is 195 Å². The Morgan fingerprint density at radius 2 is 0.938 bits per heavy atom. The van der Waals surface area contributed by atoms with Crippen LogP contribution in [0, 0.1) is 5.92 Å². The molecule has 0 radical (unpaired) electrons. The van der Waals surface area contributed by atoms with Gasteiger partial charge in [0.05, 0.1) is 5.75 Å². The van der Waals surface area contributed by atoms with Crippen molar-refractivity contribution < 1.29 is 32.8 Å². The summed E-state index contributed by atoms with van der Waals surface area (Å²) in [5, 5.41) is 15.2. The van der Waals surface area contributed by atoms with Crippen LogP contribution in [-0.2, 0) is 19.7 Å². The minimum atomic E-state index is -3.74. The van der Waals surface area contributed by atoms with Crippen LogP contribution in [0.4, 0.5) is 0 Å². The van der Waals surface area contributed by atoms with Crippen molar-refractivity contribution in [2.24, 2.45) is 5.92 Å². The fraction of sp³-hybridized carbons (Fsp3) is 0.750. The van der Waals surface area contributed by atoms with Crippen molar-refractivity contribution >= 4 is 22.1 Å². The monoisotopic (exact) mass is 478 g/mol. The molecule has 0 bridgehead atoms. The third-order valence-electron chi connectivity index (χ3n) is 4.53. The van der Waals surface area contributed by atoms with Gasteiger partial charge in [0.15, 0.2) is 0 Å². The lowest BCUT2D eigenvalue weighted by atomic mass is 10.0. The summed E-state index contributed by atoms with van der Waals surface area (Å²) in [6, 6.07) is 0. The van der Waals surface area contributed by atoms with E-state index in [1.165, 1.54) is 70.6 Å². The molecule has 0 aliphatic rings. The molecule has 0 fully saturated rings. The average molecular weight is 479 g/mol. The van der Waals surface area contributed by atoms with E-state index in [0.717, 1.165) is 30.9 Å². The normalized spacial score (nSPS) is 10.4. The highest BCUT2D eigenvalue weighted by atomic mass is 32.2. The number of carboxylic acids is 2. The van der Waals surface area contributed by atoms with Gasteiger partial charge in [-0.25, -0.2) is 9.59 Å². The van der Waals surface area contributed by atoms with E-state index in [2.05, 4.69) is 27.0 Å². The number of aliphatic carboxylic acids is 2. The van der Waals surface area contributed by atoms with Gasteiger partial charge in [0.1, 0.15) is 0 Å². The fourth-order valence-electron chi connectivity index (χ4n) is 2.78. The quantitative estimate of drug-likeness (QED) is 0.116. The van der Waals surface area contributed by atoms with Gasteiger partial charge in [0.2, 0.25) is 0 Å². The molecule has 0 amide bonds. The average Bonchev–Trinajstić information content (AvgIpc) is 2.70. The van der Waals surface area contributed by atoms with Gasteiger partial charge < -0.3 is 10.2 Å². The summed E-state index contributed by atoms with van der Waals surface area (Å²) in [6.45, 7) is 10.5. The van der Waals surface area contributed by atoms with E-state index in [-0.39, 0.29) is 5.75 Å². The van der Waals surface area contributed by atoms with Gasteiger partial charge in [0.25, 0.3) is 10.1 Å². The van der Waals surface area contributed by atoms with Crippen LogP contribution in [-0.4, -0.2) is 40.9 Å². The van der Waals surface area contributed by atoms with Crippen molar-refractivity contribution in [1.29, 1.82) is 0 Å². The number of rotatable bonds is 18. The fourth-order valence-corrected chi connectivity index (χ4v) is 3.35. The third-order valence-corrected chi connectivity index (χ3v) is 5.34. The first-order chi connectivity index (χ1) is 15.0. The van der Waals surface area contributed by atoms with E-state index in [1.807, 2.05) is 0 Å². The van der Waals surface area contributed by atoms with E-state index in [4.69, 9.17) is 14.8 Å². The summed E-state index contributed by atoms with van der Waals surface area (Å²) < 4.78 is 29.7. The Hall–Kier alpha value is -1.67. The first-order valence-electron chi connectivity index (χ1n) is 11.6. The second kappa shape index (κ2) is 25.6. The maximum Gasteiger partial charge on any atom is 0.327 e. The molecule has 0 rings (SSSR count). The highest BCUT2D eigenvalue weighted by Crippen LogP contribution is 2.14. The largest absolute Gasteiger partial charge is 0.478 e. The Morgan fingerprint density at radius 3 is 1.16 bits per heavy atom. The van der Waals surface area contributed by atoms with Crippen LogP contribution in [0.3, 0.4) is 0 Å². The molecule has 0 aromatic rings. The Balaban J connectivity index is -0.000000695. The molecule has 0 heterocycles. The second-order valence-corrected chi connectivity index (χ2v) is 9.72. The van der Waals surface area contributed by atoms with Crippen LogP contribution in [0.5, 0.6) is 0 Å². The van der Waals surface area contributed by atoms with Crippen molar-refractivity contribution in [2.45, 2.75) is 104 Å². The molecular weight excluding hydrogens is 432 g/mol. The summed E-state index contributed by atoms with van der Waals surface area (Å²) >= 11 is 0. The van der Waals surface area contributed by atoms with Crippen molar-refractivity contribution in [1.82, 2.24) is 0 Å². The number of carboxylic acid groups (broad SMARTS) is 2. The summed E-state index contributed by atoms with van der Waals surface area (Å²) in [5.41, 5.74) is 0. The molecule has 0 aromatic heterocycles. The molecule has 8 heteroatoms. The Bertz CT molecular complexity index is 551. The standard InChI is InChI=1S/C18H38O3S.2C3H4O2/c1-18(2)16-14-12-10-8-6-4-3-5-7-9-11-13-15-17-22(19,20)21;2*1-2-3(4)5/h18H,3-17H2,1-2H3,(H,19,20,21);2*2H,1H2,(H,4,5). The number of unbranched alkanes of at least 4 members (excludes halogenated alkanes) is 12. The summed E-state index contributed by atoms with van der Waals surface area (Å²) in [7, 11) is -3.74. The molecule has 7 nitrogen and oxygen atoms in total. The van der Waals surface area contributed by atoms with E-state index in [9.17, 15) is 18.0 Å². The molecule has 0 atom stereocenters. The predicted molar refractivity (Wildman–Crippen MR) is 132 cm³/mol. The molecule has 0 unspecified atom stereocenters. The Kier molecular flexibility index (Phi) is 27.9. The van der Waals surface area contributed by atoms with Gasteiger partial charge in [-0.05, 0) is 12.3 Å². The topological polar surface area (TPSA) is 129 Å². The molecule has 0 saturated carbocycles. The smallest absolute Gasteiger partial charge is 0.327 e. The molecule has 0 aliphatic carbocycles. The lowest BCUT2D eigenvalue weighted by molar-refractivity contribution is -0.132. The minimum Gasteiger partial charge on any atom is -0.478 e. The SMILES string of the molecule is C=CC(=O)O.C=CC(=O)O.CC(C)CCCCCCCCCCCCCCCS(=O)(=O)O. The maximum absolute atomic E-state index is 10.5. The number of carbonyl (C=O) groups is 2. The zero-order chi connectivity index (χ0) is 25.3. The van der Waals surface area contributed by atoms with Gasteiger partial charge in [-0.1, -0.05) is 110 Å². The van der Waals surface area contributed by atoms with Crippen LogP contribution < -0.4 is 0 Å². The number of hydrogen-bond donors (Lipinski definition) is 3. The van der Waals surface area contributed by atoms with Crippen molar-refractivity contribution in [2.75, 3.05) is 5.75 Å². The summed E-state index contributed by atoms with van der Waals surface area (Å²) in [6.07, 6.45) is 19.1. The highest BCUT2D eigenvalue weighted by molar-refractivity contribution is 7.85. The molecule has 0 aromatic carbocycles. The van der Waals surface area contributed by atoms with Gasteiger partial charge in [0, 0.05) is 12.2 Å². The van der Waals surface area contributed by atoms with Crippen LogP contribution in [0.25, 0.3) is 0 Å². The lowest BCUT2D eigenvalue weighted by Crippen LogP contribution is -2.03. The summed E-state index contributed by atoms with van der Waals surface area (Å²) in [4.78, 5) is 18.5. The van der Waals surface area contributed by atoms with Crippen LogP contribution in [0.1, 0.15) is 104 Å². The Morgan fingerprint density at radius 1 is 0.688 bits per heavy atom. The summed E-state index contributed by atoms with van der Waals surface area (Å²) in [5.74, 6) is -1.19. The highest BCUT2D eigenvalue weighted by Gasteiger charge is 2.02. The van der Waals surface area contributed by atoms with Gasteiger partial charge in [-0.3, -0.25) is 4.55 Å². The molecular formula is C24H46O7S. The molecule has 32 heavy (non-hydrogen) atoms.